The number of H-pyrrole nitrogens is 1. The van der Waals surface area contributed by atoms with Gasteiger partial charge in [0, 0.05) is 5.69 Å². The normalized spacial score (nSPS) is 12.2. The highest BCUT2D eigenvalue weighted by Gasteiger charge is 2.31. The highest BCUT2D eigenvalue weighted by molar-refractivity contribution is 5.81. The molecule has 3 aromatic rings. The van der Waals surface area contributed by atoms with Crippen LogP contribution < -0.4 is 5.56 Å². The Balaban J connectivity index is 2.38. The van der Waals surface area contributed by atoms with Crippen LogP contribution in [0.4, 0.5) is 13.2 Å². The summed E-state index contributed by atoms with van der Waals surface area (Å²) in [6, 6.07) is 3.14. The van der Waals surface area contributed by atoms with Crippen molar-refractivity contribution in [1.82, 2.24) is 9.38 Å². The average molecular weight is 352 g/mol. The number of hydrogen-bond acceptors (Lipinski definition) is 2. The summed E-state index contributed by atoms with van der Waals surface area (Å²) in [5, 5.41) is 8.94. The molecule has 1 aromatic carbocycles. The van der Waals surface area contributed by atoms with Crippen molar-refractivity contribution in [3.05, 3.63) is 50.9 Å². The Bertz CT molecular complexity index is 1060. The van der Waals surface area contributed by atoms with Crippen LogP contribution in [0.2, 0.25) is 0 Å². The van der Waals surface area contributed by atoms with Gasteiger partial charge in [-0.25, -0.2) is 0 Å². The van der Waals surface area contributed by atoms with E-state index < -0.39 is 23.3 Å². The number of aromatic amines is 1. The quantitative estimate of drug-likeness (QED) is 0.758. The second-order valence-corrected chi connectivity index (χ2v) is 5.96. The van der Waals surface area contributed by atoms with E-state index in [4.69, 9.17) is 5.11 Å². The Hall–Kier alpha value is -2.77. The van der Waals surface area contributed by atoms with E-state index in [1.165, 1.54) is 6.07 Å². The van der Waals surface area contributed by atoms with E-state index >= 15 is 0 Å². The summed E-state index contributed by atoms with van der Waals surface area (Å²) in [7, 11) is 0. The predicted molar refractivity (Wildman–Crippen MR) is 86.0 cm³/mol. The zero-order valence-electron chi connectivity index (χ0n) is 13.5. The summed E-state index contributed by atoms with van der Waals surface area (Å²) in [6.07, 6.45) is -4.48. The number of carboxylic acids is 1. The van der Waals surface area contributed by atoms with Crippen LogP contribution >= 0.6 is 0 Å². The summed E-state index contributed by atoms with van der Waals surface area (Å²) in [5.74, 6) is -0.986. The molecule has 0 radical (unpaired) electrons. The van der Waals surface area contributed by atoms with Gasteiger partial charge >= 0.3 is 12.1 Å². The van der Waals surface area contributed by atoms with E-state index in [-0.39, 0.29) is 18.4 Å². The second-order valence-electron chi connectivity index (χ2n) is 5.96. The molecule has 8 heteroatoms. The summed E-state index contributed by atoms with van der Waals surface area (Å²) in [5.41, 5.74) is 1.48. The fourth-order valence-corrected chi connectivity index (χ4v) is 3.12. The molecule has 0 unspecified atom stereocenters. The molecule has 0 saturated heterocycles. The predicted octanol–water partition coefficient (Wildman–Crippen LogP) is 3.43. The van der Waals surface area contributed by atoms with Gasteiger partial charge < -0.3 is 14.5 Å². The minimum Gasteiger partial charge on any atom is -0.481 e. The number of aryl methyl sites for hydroxylation is 2. The molecule has 25 heavy (non-hydrogen) atoms. The number of halogens is 3. The Morgan fingerprint density at radius 2 is 1.92 bits per heavy atom. The highest BCUT2D eigenvalue weighted by Crippen LogP contribution is 2.32. The Morgan fingerprint density at radius 1 is 1.24 bits per heavy atom. The number of hydrogen-bond donors (Lipinski definition) is 2. The standard InChI is InChI=1S/C17H15F3N2O3/c1-8-9(2)15-16(25)21-11-7-10(17(18,19)20)3-4-13(11)22(15)12(8)5-6-14(23)24/h3-4,7H,5-6H2,1-2H3,(H,21,25)(H,23,24). The van der Waals surface area contributed by atoms with Crippen molar-refractivity contribution in [3.8, 4) is 0 Å². The molecule has 0 fully saturated rings. The van der Waals surface area contributed by atoms with Crippen molar-refractivity contribution in [3.63, 3.8) is 0 Å². The molecule has 0 aliphatic heterocycles. The third kappa shape index (κ3) is 2.77. The van der Waals surface area contributed by atoms with E-state index in [0.717, 1.165) is 17.7 Å². The molecule has 5 nitrogen and oxygen atoms in total. The maximum atomic E-state index is 12.9. The number of aliphatic carboxylic acids is 1. The molecule has 0 saturated carbocycles. The number of carbonyl (C=O) groups is 1. The summed E-state index contributed by atoms with van der Waals surface area (Å²) < 4.78 is 40.3. The molecule has 0 aliphatic rings. The van der Waals surface area contributed by atoms with Crippen LogP contribution in [0.3, 0.4) is 0 Å². The zero-order chi connectivity index (χ0) is 18.5. The number of nitrogens with zero attached hydrogens (tertiary/aromatic N) is 1. The largest absolute Gasteiger partial charge is 0.481 e. The first-order valence-electron chi connectivity index (χ1n) is 7.56. The van der Waals surface area contributed by atoms with Crippen molar-refractivity contribution < 1.29 is 23.1 Å². The van der Waals surface area contributed by atoms with Gasteiger partial charge in [0.25, 0.3) is 5.56 Å². The molecule has 0 aliphatic carbocycles. The van der Waals surface area contributed by atoms with Gasteiger partial charge in [-0.05, 0) is 49.6 Å². The van der Waals surface area contributed by atoms with Crippen LogP contribution in [-0.2, 0) is 17.4 Å². The van der Waals surface area contributed by atoms with Gasteiger partial charge in [-0.15, -0.1) is 0 Å². The first-order chi connectivity index (χ1) is 11.6. The van der Waals surface area contributed by atoms with Crippen molar-refractivity contribution in [2.45, 2.75) is 32.9 Å². The van der Waals surface area contributed by atoms with Crippen LogP contribution in [0, 0.1) is 13.8 Å². The van der Waals surface area contributed by atoms with Crippen molar-refractivity contribution in [2.24, 2.45) is 0 Å². The van der Waals surface area contributed by atoms with Gasteiger partial charge in [-0.3, -0.25) is 9.59 Å². The fourth-order valence-electron chi connectivity index (χ4n) is 3.12. The van der Waals surface area contributed by atoms with Crippen molar-refractivity contribution in [1.29, 1.82) is 0 Å². The number of carboxylic acid groups (broad SMARTS) is 1. The van der Waals surface area contributed by atoms with Crippen molar-refractivity contribution >= 4 is 22.5 Å². The molecular weight excluding hydrogens is 337 g/mol. The summed E-state index contributed by atoms with van der Waals surface area (Å²) in [4.78, 5) is 25.8. The van der Waals surface area contributed by atoms with E-state index in [1.807, 2.05) is 0 Å². The topological polar surface area (TPSA) is 74.6 Å². The number of benzene rings is 1. The minimum atomic E-state index is -4.52. The van der Waals surface area contributed by atoms with Crippen LogP contribution in [0.1, 0.15) is 28.8 Å². The highest BCUT2D eigenvalue weighted by atomic mass is 19.4. The van der Waals surface area contributed by atoms with E-state index in [1.54, 1.807) is 18.2 Å². The van der Waals surface area contributed by atoms with E-state index in [0.29, 0.717) is 22.3 Å². The SMILES string of the molecule is Cc1c(C)c2c(=O)[nH]c3cc(C(F)(F)F)ccc3n2c1CCC(=O)O. The third-order valence-electron chi connectivity index (χ3n) is 4.45. The van der Waals surface area contributed by atoms with E-state index in [2.05, 4.69) is 4.98 Å². The molecule has 0 bridgehead atoms. The lowest BCUT2D eigenvalue weighted by atomic mass is 10.1. The molecule has 0 amide bonds. The minimum absolute atomic E-state index is 0.0545. The van der Waals surface area contributed by atoms with Gasteiger partial charge in [0.1, 0.15) is 5.52 Å². The maximum Gasteiger partial charge on any atom is 0.416 e. The average Bonchev–Trinajstić information content (AvgIpc) is 2.76. The number of aromatic nitrogens is 2. The van der Waals surface area contributed by atoms with Crippen molar-refractivity contribution in [2.75, 3.05) is 0 Å². The lowest BCUT2D eigenvalue weighted by Crippen LogP contribution is -2.13. The smallest absolute Gasteiger partial charge is 0.416 e. The summed E-state index contributed by atoms with van der Waals surface area (Å²) in [6.45, 7) is 3.51. The van der Waals surface area contributed by atoms with Crippen LogP contribution in [0.25, 0.3) is 16.6 Å². The first kappa shape index (κ1) is 17.1. The molecule has 3 rings (SSSR count). The number of alkyl halides is 3. The van der Waals surface area contributed by atoms with Crippen LogP contribution in [0.5, 0.6) is 0 Å². The molecule has 0 atom stereocenters. The lowest BCUT2D eigenvalue weighted by molar-refractivity contribution is -0.138. The first-order valence-corrected chi connectivity index (χ1v) is 7.56. The molecule has 0 spiro atoms. The summed E-state index contributed by atoms with van der Waals surface area (Å²) >= 11 is 0. The van der Waals surface area contributed by atoms with Gasteiger partial charge in [-0.1, -0.05) is 0 Å². The van der Waals surface area contributed by atoms with Gasteiger partial charge in [0.05, 0.1) is 23.0 Å². The monoisotopic (exact) mass is 352 g/mol. The maximum absolute atomic E-state index is 12.9. The second kappa shape index (κ2) is 5.65. The molecule has 2 heterocycles. The molecule has 2 N–H and O–H groups in total. The van der Waals surface area contributed by atoms with Crippen LogP contribution in [0.15, 0.2) is 23.0 Å². The van der Waals surface area contributed by atoms with E-state index in [9.17, 15) is 22.8 Å². The Morgan fingerprint density at radius 3 is 2.52 bits per heavy atom. The number of rotatable bonds is 3. The fraction of sp³-hybridized carbons (Fsp3) is 0.294. The van der Waals surface area contributed by atoms with Gasteiger partial charge in [0.15, 0.2) is 0 Å². The Kier molecular flexibility index (Phi) is 3.85. The number of nitrogens with one attached hydrogen (secondary N) is 1. The Labute approximate surface area is 139 Å². The molecular formula is C17H15F3N2O3. The van der Waals surface area contributed by atoms with Crippen LogP contribution in [-0.4, -0.2) is 20.5 Å². The van der Waals surface area contributed by atoms with Gasteiger partial charge in [-0.2, -0.15) is 13.2 Å². The van der Waals surface area contributed by atoms with Gasteiger partial charge in [0.2, 0.25) is 0 Å². The number of fused-ring (bicyclic) bond motifs is 3. The molecule has 132 valence electrons. The molecule has 2 aromatic heterocycles. The lowest BCUT2D eigenvalue weighted by Gasteiger charge is -2.11. The zero-order valence-corrected chi connectivity index (χ0v) is 13.5. The third-order valence-corrected chi connectivity index (χ3v) is 4.45.